The Morgan fingerprint density at radius 2 is 1.71 bits per heavy atom. The standard InChI is InChI=1S/C7H16N6.ClH/c1-12-2-4-13(5-3-12)7(10)11-6(8)9;/h2-5H2,1H3,(H5,8,9,10,11);1H. The molecule has 0 spiro atoms. The molecule has 0 aliphatic carbocycles. The molecule has 1 heterocycles. The van der Waals surface area contributed by atoms with E-state index in [1.165, 1.54) is 0 Å². The number of aliphatic imine (C=N–C) groups is 1. The Labute approximate surface area is 89.9 Å². The molecule has 1 aliphatic heterocycles. The van der Waals surface area contributed by atoms with Crippen LogP contribution < -0.4 is 11.5 Å². The van der Waals surface area contributed by atoms with Gasteiger partial charge in [0, 0.05) is 26.2 Å². The zero-order valence-electron chi connectivity index (χ0n) is 8.23. The summed E-state index contributed by atoms with van der Waals surface area (Å²) in [5, 5.41) is 7.54. The van der Waals surface area contributed by atoms with E-state index in [2.05, 4.69) is 16.9 Å². The molecule has 7 heteroatoms. The van der Waals surface area contributed by atoms with Gasteiger partial charge < -0.3 is 21.3 Å². The van der Waals surface area contributed by atoms with Crippen LogP contribution in [0.1, 0.15) is 0 Å². The fourth-order valence-electron chi connectivity index (χ4n) is 1.21. The molecule has 0 aromatic heterocycles. The second kappa shape index (κ2) is 5.66. The highest BCUT2D eigenvalue weighted by molar-refractivity contribution is 5.91. The predicted octanol–water partition coefficient (Wildman–Crippen LogP) is -1.14. The van der Waals surface area contributed by atoms with Crippen LogP contribution in [0.25, 0.3) is 0 Å². The highest BCUT2D eigenvalue weighted by Gasteiger charge is 2.15. The van der Waals surface area contributed by atoms with Crippen LogP contribution >= 0.6 is 12.4 Å². The summed E-state index contributed by atoms with van der Waals surface area (Å²) >= 11 is 0. The first-order chi connectivity index (χ1) is 6.09. The summed E-state index contributed by atoms with van der Waals surface area (Å²) < 4.78 is 0. The first-order valence-corrected chi connectivity index (χ1v) is 4.21. The Morgan fingerprint density at radius 3 is 2.14 bits per heavy atom. The maximum absolute atomic E-state index is 7.54. The Hall–Kier alpha value is -1.01. The van der Waals surface area contributed by atoms with E-state index in [1.807, 2.05) is 4.90 Å². The third-order valence-electron chi connectivity index (χ3n) is 2.04. The van der Waals surface area contributed by atoms with Crippen molar-refractivity contribution in [1.29, 1.82) is 5.41 Å². The summed E-state index contributed by atoms with van der Waals surface area (Å²) in [5.41, 5.74) is 10.4. The number of likely N-dealkylation sites (N-methyl/N-ethyl adjacent to an activating group) is 1. The monoisotopic (exact) mass is 220 g/mol. The van der Waals surface area contributed by atoms with Gasteiger partial charge in [-0.3, -0.25) is 5.41 Å². The molecule has 0 unspecified atom stereocenters. The molecular weight excluding hydrogens is 204 g/mol. The number of hydrogen-bond donors (Lipinski definition) is 3. The number of piperazine rings is 1. The molecular formula is C7H17ClN6. The van der Waals surface area contributed by atoms with Crippen LogP contribution in [0.2, 0.25) is 0 Å². The van der Waals surface area contributed by atoms with Crippen LogP contribution in [0.5, 0.6) is 0 Å². The van der Waals surface area contributed by atoms with Gasteiger partial charge in [-0.2, -0.15) is 4.99 Å². The van der Waals surface area contributed by atoms with Gasteiger partial charge in [-0.1, -0.05) is 0 Å². The third kappa shape index (κ3) is 3.80. The zero-order valence-corrected chi connectivity index (χ0v) is 9.05. The number of hydrogen-bond acceptors (Lipinski definition) is 2. The lowest BCUT2D eigenvalue weighted by Gasteiger charge is -2.32. The fraction of sp³-hybridized carbons (Fsp3) is 0.714. The van der Waals surface area contributed by atoms with Crippen molar-refractivity contribution in [2.75, 3.05) is 33.2 Å². The van der Waals surface area contributed by atoms with Crippen LogP contribution in [0, 0.1) is 5.41 Å². The Kier molecular flexibility index (Phi) is 5.26. The zero-order chi connectivity index (χ0) is 9.84. The molecule has 82 valence electrons. The van der Waals surface area contributed by atoms with E-state index in [9.17, 15) is 0 Å². The van der Waals surface area contributed by atoms with Gasteiger partial charge in [-0.25, -0.2) is 0 Å². The number of nitrogens with one attached hydrogen (secondary N) is 1. The molecule has 1 saturated heterocycles. The quantitative estimate of drug-likeness (QED) is 0.356. The van der Waals surface area contributed by atoms with Gasteiger partial charge in [0.15, 0.2) is 5.96 Å². The van der Waals surface area contributed by atoms with Gasteiger partial charge >= 0.3 is 0 Å². The van der Waals surface area contributed by atoms with Crippen LogP contribution in [-0.4, -0.2) is 54.9 Å². The van der Waals surface area contributed by atoms with Crippen molar-refractivity contribution in [3.05, 3.63) is 0 Å². The van der Waals surface area contributed by atoms with Crippen molar-refractivity contribution in [3.8, 4) is 0 Å². The maximum atomic E-state index is 7.54. The van der Waals surface area contributed by atoms with Crippen molar-refractivity contribution in [2.45, 2.75) is 0 Å². The van der Waals surface area contributed by atoms with Crippen LogP contribution in [-0.2, 0) is 0 Å². The average molecular weight is 221 g/mol. The molecule has 0 saturated carbocycles. The van der Waals surface area contributed by atoms with E-state index in [0.29, 0.717) is 0 Å². The van der Waals surface area contributed by atoms with Crippen molar-refractivity contribution in [1.82, 2.24) is 9.80 Å². The number of guanidine groups is 2. The smallest absolute Gasteiger partial charge is 0.221 e. The van der Waals surface area contributed by atoms with Crippen molar-refractivity contribution < 1.29 is 0 Å². The van der Waals surface area contributed by atoms with E-state index in [-0.39, 0.29) is 24.3 Å². The number of nitrogens with zero attached hydrogens (tertiary/aromatic N) is 3. The second-order valence-corrected chi connectivity index (χ2v) is 3.15. The summed E-state index contributed by atoms with van der Waals surface area (Å²) in [6, 6.07) is 0. The minimum Gasteiger partial charge on any atom is -0.370 e. The normalized spacial score (nSPS) is 17.1. The van der Waals surface area contributed by atoms with Crippen molar-refractivity contribution in [3.63, 3.8) is 0 Å². The Morgan fingerprint density at radius 1 is 1.21 bits per heavy atom. The maximum Gasteiger partial charge on any atom is 0.221 e. The van der Waals surface area contributed by atoms with Gasteiger partial charge in [-0.15, -0.1) is 12.4 Å². The largest absolute Gasteiger partial charge is 0.370 e. The molecule has 14 heavy (non-hydrogen) atoms. The van der Waals surface area contributed by atoms with Crippen LogP contribution in [0.3, 0.4) is 0 Å². The molecule has 0 atom stereocenters. The lowest BCUT2D eigenvalue weighted by Crippen LogP contribution is -2.47. The molecule has 0 radical (unpaired) electrons. The molecule has 0 aromatic carbocycles. The molecule has 1 rings (SSSR count). The molecule has 0 bridgehead atoms. The van der Waals surface area contributed by atoms with Crippen molar-refractivity contribution in [2.24, 2.45) is 16.5 Å². The summed E-state index contributed by atoms with van der Waals surface area (Å²) in [4.78, 5) is 7.76. The molecule has 0 amide bonds. The summed E-state index contributed by atoms with van der Waals surface area (Å²) in [5.74, 6) is 0.108. The summed E-state index contributed by atoms with van der Waals surface area (Å²) in [6.07, 6.45) is 0. The van der Waals surface area contributed by atoms with Crippen LogP contribution in [0.15, 0.2) is 4.99 Å². The lowest BCUT2D eigenvalue weighted by molar-refractivity contribution is 0.213. The summed E-state index contributed by atoms with van der Waals surface area (Å²) in [6.45, 7) is 3.52. The van der Waals surface area contributed by atoms with E-state index >= 15 is 0 Å². The number of nitrogens with two attached hydrogens (primary N) is 2. The number of rotatable bonds is 0. The first kappa shape index (κ1) is 13.0. The van der Waals surface area contributed by atoms with E-state index in [1.54, 1.807) is 0 Å². The fourth-order valence-corrected chi connectivity index (χ4v) is 1.21. The molecule has 1 fully saturated rings. The van der Waals surface area contributed by atoms with E-state index in [0.717, 1.165) is 26.2 Å². The molecule has 6 nitrogen and oxygen atoms in total. The minimum atomic E-state index is -0.0519. The topological polar surface area (TPSA) is 94.7 Å². The van der Waals surface area contributed by atoms with Gasteiger partial charge in [-0.05, 0) is 7.05 Å². The SMILES string of the molecule is CN1CCN(C(=N)N=C(N)N)CC1.Cl. The van der Waals surface area contributed by atoms with Gasteiger partial charge in [0.1, 0.15) is 0 Å². The second-order valence-electron chi connectivity index (χ2n) is 3.15. The highest BCUT2D eigenvalue weighted by atomic mass is 35.5. The first-order valence-electron chi connectivity index (χ1n) is 4.21. The van der Waals surface area contributed by atoms with Crippen molar-refractivity contribution >= 4 is 24.3 Å². The predicted molar refractivity (Wildman–Crippen MR) is 59.9 cm³/mol. The number of halogens is 1. The van der Waals surface area contributed by atoms with Gasteiger partial charge in [0.2, 0.25) is 5.96 Å². The van der Waals surface area contributed by atoms with E-state index in [4.69, 9.17) is 16.9 Å². The molecule has 0 aromatic rings. The summed E-state index contributed by atoms with van der Waals surface area (Å²) in [7, 11) is 2.06. The molecule has 5 N–H and O–H groups in total. The lowest BCUT2D eigenvalue weighted by atomic mass is 10.3. The Balaban J connectivity index is 0.00000169. The Bertz CT molecular complexity index is 216. The van der Waals surface area contributed by atoms with E-state index < -0.39 is 0 Å². The average Bonchev–Trinajstić information content (AvgIpc) is 2.04. The van der Waals surface area contributed by atoms with Gasteiger partial charge in [0.05, 0.1) is 0 Å². The minimum absolute atomic E-state index is 0. The third-order valence-corrected chi connectivity index (χ3v) is 2.04. The van der Waals surface area contributed by atoms with Gasteiger partial charge in [0.25, 0.3) is 0 Å². The molecule has 1 aliphatic rings. The van der Waals surface area contributed by atoms with Crippen LogP contribution in [0.4, 0.5) is 0 Å². The highest BCUT2D eigenvalue weighted by Crippen LogP contribution is 1.99.